The second-order valence-electron chi connectivity index (χ2n) is 8.16. The summed E-state index contributed by atoms with van der Waals surface area (Å²) >= 11 is 6.13. The molecule has 8 nitrogen and oxygen atoms in total. The van der Waals surface area contributed by atoms with E-state index in [0.717, 1.165) is 16.6 Å². The average molecular weight is 476 g/mol. The molecule has 5 rings (SSSR count). The number of benzene rings is 2. The molecule has 1 fully saturated rings. The van der Waals surface area contributed by atoms with Crippen molar-refractivity contribution in [3.05, 3.63) is 71.4 Å². The molecule has 0 aliphatic carbocycles. The summed E-state index contributed by atoms with van der Waals surface area (Å²) in [7, 11) is 1.53. The Balaban J connectivity index is 1.38. The third-order valence-corrected chi connectivity index (χ3v) is 6.05. The highest BCUT2D eigenvalue weighted by Crippen LogP contribution is 2.35. The van der Waals surface area contributed by atoms with Crippen LogP contribution < -0.4 is 15.0 Å². The lowest BCUT2D eigenvalue weighted by molar-refractivity contribution is -0.122. The fourth-order valence-corrected chi connectivity index (χ4v) is 4.32. The molecular formula is C25H22ClN5O3. The largest absolute Gasteiger partial charge is 0.495 e. The summed E-state index contributed by atoms with van der Waals surface area (Å²) in [6.45, 7) is 2.07. The Labute approximate surface area is 201 Å². The van der Waals surface area contributed by atoms with E-state index in [1.54, 1.807) is 33.8 Å². The fourth-order valence-electron chi connectivity index (χ4n) is 4.15. The highest BCUT2D eigenvalue weighted by Gasteiger charge is 2.36. The molecule has 4 aromatic rings. The molecule has 2 aromatic carbocycles. The summed E-state index contributed by atoms with van der Waals surface area (Å²) in [5, 5.41) is 8.95. The van der Waals surface area contributed by atoms with E-state index in [1.165, 1.54) is 7.11 Å². The van der Waals surface area contributed by atoms with Crippen molar-refractivity contribution in [2.75, 3.05) is 23.9 Å². The van der Waals surface area contributed by atoms with Crippen LogP contribution in [-0.2, 0) is 9.59 Å². The lowest BCUT2D eigenvalue weighted by Crippen LogP contribution is -2.29. The Morgan fingerprint density at radius 1 is 1.15 bits per heavy atom. The second-order valence-corrected chi connectivity index (χ2v) is 8.59. The van der Waals surface area contributed by atoms with Crippen molar-refractivity contribution in [3.63, 3.8) is 0 Å². The molecule has 0 radical (unpaired) electrons. The number of hydrogen-bond acceptors (Lipinski definition) is 5. The summed E-state index contributed by atoms with van der Waals surface area (Å²) < 4.78 is 6.98. The lowest BCUT2D eigenvalue weighted by atomic mass is 10.1. The summed E-state index contributed by atoms with van der Waals surface area (Å²) in [4.78, 5) is 32.1. The fraction of sp³-hybridized carbons (Fsp3) is 0.200. The maximum absolute atomic E-state index is 13.2. The minimum absolute atomic E-state index is 0.0862. The van der Waals surface area contributed by atoms with Crippen LogP contribution in [0.2, 0.25) is 5.02 Å². The number of para-hydroxylation sites is 1. The first-order valence-corrected chi connectivity index (χ1v) is 11.2. The smallest absolute Gasteiger partial charge is 0.230 e. The van der Waals surface area contributed by atoms with Gasteiger partial charge in [-0.3, -0.25) is 9.59 Å². The van der Waals surface area contributed by atoms with Gasteiger partial charge in [-0.2, -0.15) is 9.78 Å². The van der Waals surface area contributed by atoms with Gasteiger partial charge in [0.1, 0.15) is 11.6 Å². The number of nitrogens with zero attached hydrogens (tertiary/aromatic N) is 4. The first-order valence-electron chi connectivity index (χ1n) is 10.8. The molecule has 9 heteroatoms. The molecule has 1 aliphatic rings. The highest BCUT2D eigenvalue weighted by molar-refractivity contribution is 6.31. The maximum atomic E-state index is 13.2. The standard InChI is InChI=1S/C25H22ClN5O3/c1-15-11-23(31(29-15)22-10-7-16-5-3-4-6-19(16)27-22)28-25(33)17-12-24(32)30(14-17)20-13-18(26)8-9-21(20)34-2/h3-11,13,17H,12,14H2,1-2H3,(H,28,33). The molecule has 2 aromatic heterocycles. The molecule has 1 N–H and O–H groups in total. The molecule has 1 aliphatic heterocycles. The Morgan fingerprint density at radius 3 is 2.79 bits per heavy atom. The SMILES string of the molecule is COc1ccc(Cl)cc1N1CC(C(=O)Nc2cc(C)nn2-c2ccc3ccccc3n2)CC1=O. The van der Waals surface area contributed by atoms with Crippen LogP contribution >= 0.6 is 11.6 Å². The molecule has 0 bridgehead atoms. The Hall–Kier alpha value is -3.91. The molecule has 3 heterocycles. The molecule has 0 saturated carbocycles. The summed E-state index contributed by atoms with van der Waals surface area (Å²) in [5.41, 5.74) is 2.12. The van der Waals surface area contributed by atoms with Crippen molar-refractivity contribution >= 4 is 45.8 Å². The molecule has 1 unspecified atom stereocenters. The number of anilines is 2. The Morgan fingerprint density at radius 2 is 1.97 bits per heavy atom. The van der Waals surface area contributed by atoms with E-state index in [-0.39, 0.29) is 24.8 Å². The highest BCUT2D eigenvalue weighted by atomic mass is 35.5. The Kier molecular flexibility index (Phi) is 5.67. The third-order valence-electron chi connectivity index (χ3n) is 5.81. The van der Waals surface area contributed by atoms with E-state index in [2.05, 4.69) is 15.4 Å². The van der Waals surface area contributed by atoms with Crippen LogP contribution in [0, 0.1) is 12.8 Å². The molecule has 172 valence electrons. The van der Waals surface area contributed by atoms with Gasteiger partial charge in [0.15, 0.2) is 5.82 Å². The minimum atomic E-state index is -0.538. The van der Waals surface area contributed by atoms with Crippen LogP contribution in [0.25, 0.3) is 16.7 Å². The summed E-state index contributed by atoms with van der Waals surface area (Å²) in [6, 6.07) is 18.5. The van der Waals surface area contributed by atoms with Gasteiger partial charge in [0.25, 0.3) is 0 Å². The van der Waals surface area contributed by atoms with Crippen LogP contribution in [0.4, 0.5) is 11.5 Å². The van der Waals surface area contributed by atoms with Gasteiger partial charge in [-0.25, -0.2) is 4.98 Å². The molecule has 1 atom stereocenters. The van der Waals surface area contributed by atoms with Crippen LogP contribution in [0.3, 0.4) is 0 Å². The van der Waals surface area contributed by atoms with E-state index in [4.69, 9.17) is 16.3 Å². The van der Waals surface area contributed by atoms with Gasteiger partial charge in [-0.15, -0.1) is 0 Å². The Bertz CT molecular complexity index is 1420. The zero-order valence-electron chi connectivity index (χ0n) is 18.7. The maximum Gasteiger partial charge on any atom is 0.230 e. The number of aryl methyl sites for hydroxylation is 1. The topological polar surface area (TPSA) is 89.3 Å². The number of hydrogen-bond donors (Lipinski definition) is 1. The number of nitrogens with one attached hydrogen (secondary N) is 1. The molecule has 0 spiro atoms. The van der Waals surface area contributed by atoms with E-state index < -0.39 is 5.92 Å². The summed E-state index contributed by atoms with van der Waals surface area (Å²) in [6.07, 6.45) is 0.0862. The number of pyridine rings is 1. The van der Waals surface area contributed by atoms with Crippen LogP contribution in [0.5, 0.6) is 5.75 Å². The number of methoxy groups -OCH3 is 1. The van der Waals surface area contributed by atoms with Crippen molar-refractivity contribution in [1.29, 1.82) is 0 Å². The molecular weight excluding hydrogens is 454 g/mol. The van der Waals surface area contributed by atoms with Gasteiger partial charge in [0, 0.05) is 29.4 Å². The van der Waals surface area contributed by atoms with Crippen LogP contribution in [-0.4, -0.2) is 40.2 Å². The minimum Gasteiger partial charge on any atom is -0.495 e. The van der Waals surface area contributed by atoms with Gasteiger partial charge in [-0.1, -0.05) is 29.8 Å². The predicted molar refractivity (Wildman–Crippen MR) is 131 cm³/mol. The van der Waals surface area contributed by atoms with Crippen molar-refractivity contribution < 1.29 is 14.3 Å². The molecule has 34 heavy (non-hydrogen) atoms. The second kappa shape index (κ2) is 8.79. The van der Waals surface area contributed by atoms with Crippen LogP contribution in [0.1, 0.15) is 12.1 Å². The van der Waals surface area contributed by atoms with Crippen molar-refractivity contribution in [2.45, 2.75) is 13.3 Å². The van der Waals surface area contributed by atoms with Crippen molar-refractivity contribution in [3.8, 4) is 11.6 Å². The van der Waals surface area contributed by atoms with Gasteiger partial charge in [0.2, 0.25) is 11.8 Å². The first-order chi connectivity index (χ1) is 16.4. The first kappa shape index (κ1) is 21.9. The number of ether oxygens (including phenoxy) is 1. The van der Waals surface area contributed by atoms with Gasteiger partial charge >= 0.3 is 0 Å². The quantitative estimate of drug-likeness (QED) is 0.462. The number of amides is 2. The van der Waals surface area contributed by atoms with Gasteiger partial charge in [-0.05, 0) is 43.3 Å². The third kappa shape index (κ3) is 4.08. The number of rotatable bonds is 5. The van der Waals surface area contributed by atoms with E-state index >= 15 is 0 Å². The zero-order chi connectivity index (χ0) is 23.8. The van der Waals surface area contributed by atoms with Crippen LogP contribution in [0.15, 0.2) is 60.7 Å². The monoisotopic (exact) mass is 475 g/mol. The van der Waals surface area contributed by atoms with E-state index in [1.807, 2.05) is 43.3 Å². The zero-order valence-corrected chi connectivity index (χ0v) is 19.4. The lowest BCUT2D eigenvalue weighted by Gasteiger charge is -2.20. The number of carbonyl (C=O) groups is 2. The van der Waals surface area contributed by atoms with E-state index in [0.29, 0.717) is 28.1 Å². The predicted octanol–water partition coefficient (Wildman–Crippen LogP) is 4.38. The van der Waals surface area contributed by atoms with Crippen molar-refractivity contribution in [2.24, 2.45) is 5.92 Å². The average Bonchev–Trinajstić information content (AvgIpc) is 3.40. The number of aromatic nitrogens is 3. The molecule has 1 saturated heterocycles. The normalized spacial score (nSPS) is 15.7. The number of halogens is 1. The van der Waals surface area contributed by atoms with Gasteiger partial charge < -0.3 is 15.0 Å². The molecule has 2 amide bonds. The summed E-state index contributed by atoms with van der Waals surface area (Å²) in [5.74, 6) is 0.645. The van der Waals surface area contributed by atoms with Crippen molar-refractivity contribution in [1.82, 2.24) is 14.8 Å². The number of carbonyl (C=O) groups excluding carboxylic acids is 2. The van der Waals surface area contributed by atoms with E-state index in [9.17, 15) is 9.59 Å². The van der Waals surface area contributed by atoms with Gasteiger partial charge in [0.05, 0.1) is 29.9 Å². The number of fused-ring (bicyclic) bond motifs is 1.